The van der Waals surface area contributed by atoms with Crippen LogP contribution >= 0.6 is 23.2 Å². The molecular formula is C24H27Cl2N3O2. The van der Waals surface area contributed by atoms with Gasteiger partial charge < -0.3 is 4.90 Å². The Morgan fingerprint density at radius 3 is 2.45 bits per heavy atom. The molecule has 0 bridgehead atoms. The van der Waals surface area contributed by atoms with Crippen LogP contribution in [0.25, 0.3) is 10.9 Å². The summed E-state index contributed by atoms with van der Waals surface area (Å²) < 4.78 is 1.67. The van der Waals surface area contributed by atoms with Gasteiger partial charge in [-0.25, -0.2) is 4.98 Å². The molecule has 0 saturated heterocycles. The fourth-order valence-electron chi connectivity index (χ4n) is 3.85. The average Bonchev–Trinajstić information content (AvgIpc) is 2.73. The van der Waals surface area contributed by atoms with Crippen molar-refractivity contribution in [3.8, 4) is 0 Å². The quantitative estimate of drug-likeness (QED) is 0.436. The van der Waals surface area contributed by atoms with Crippen molar-refractivity contribution in [3.05, 3.63) is 74.3 Å². The summed E-state index contributed by atoms with van der Waals surface area (Å²) in [6, 6.07) is 11.8. The van der Waals surface area contributed by atoms with E-state index in [-0.39, 0.29) is 23.4 Å². The lowest BCUT2D eigenvalue weighted by atomic mass is 10.1. The Morgan fingerprint density at radius 2 is 1.84 bits per heavy atom. The Balaban J connectivity index is 2.18. The number of fused-ring (bicyclic) bond motifs is 1. The highest BCUT2D eigenvalue weighted by molar-refractivity contribution is 6.36. The van der Waals surface area contributed by atoms with Gasteiger partial charge in [-0.3, -0.25) is 14.2 Å². The van der Waals surface area contributed by atoms with Crippen molar-refractivity contribution in [3.63, 3.8) is 0 Å². The van der Waals surface area contributed by atoms with Gasteiger partial charge >= 0.3 is 0 Å². The van der Waals surface area contributed by atoms with Crippen LogP contribution in [-0.4, -0.2) is 26.9 Å². The van der Waals surface area contributed by atoms with Gasteiger partial charge in [-0.2, -0.15) is 0 Å². The minimum absolute atomic E-state index is 0.0944. The summed E-state index contributed by atoms with van der Waals surface area (Å²) in [7, 11) is 0. The molecule has 1 aromatic heterocycles. The highest BCUT2D eigenvalue weighted by atomic mass is 35.5. The molecule has 0 aliphatic heterocycles. The van der Waals surface area contributed by atoms with E-state index in [4.69, 9.17) is 28.2 Å². The van der Waals surface area contributed by atoms with E-state index in [1.54, 1.807) is 33.7 Å². The Hall–Kier alpha value is -2.37. The van der Waals surface area contributed by atoms with Crippen molar-refractivity contribution in [2.45, 2.75) is 46.7 Å². The molecule has 0 N–H and O–H groups in total. The van der Waals surface area contributed by atoms with Crippen molar-refractivity contribution in [1.82, 2.24) is 14.5 Å². The fraction of sp³-hybridized carbons (Fsp3) is 0.375. The van der Waals surface area contributed by atoms with E-state index in [0.717, 1.165) is 0 Å². The molecule has 1 unspecified atom stereocenters. The molecule has 0 aliphatic rings. The van der Waals surface area contributed by atoms with E-state index < -0.39 is 0 Å². The van der Waals surface area contributed by atoms with E-state index in [2.05, 4.69) is 13.8 Å². The maximum absolute atomic E-state index is 13.6. The molecule has 164 valence electrons. The maximum Gasteiger partial charge on any atom is 0.261 e. The molecule has 0 saturated carbocycles. The van der Waals surface area contributed by atoms with Crippen LogP contribution in [0, 0.1) is 5.92 Å². The zero-order chi connectivity index (χ0) is 22.7. The van der Waals surface area contributed by atoms with Crippen LogP contribution < -0.4 is 5.56 Å². The SMILES string of the molecule is CCC(c1nc2ccccc2c(=O)n1CC)N(CC(C)C)C(=O)c1ccc(Cl)cc1Cl. The lowest BCUT2D eigenvalue weighted by Gasteiger charge is -2.33. The van der Waals surface area contributed by atoms with Gasteiger partial charge in [0.05, 0.1) is 27.5 Å². The third-order valence-electron chi connectivity index (χ3n) is 5.25. The summed E-state index contributed by atoms with van der Waals surface area (Å²) in [5.74, 6) is 0.603. The molecule has 7 heteroatoms. The summed E-state index contributed by atoms with van der Waals surface area (Å²) in [6.45, 7) is 8.99. The Kier molecular flexibility index (Phi) is 7.39. The standard InChI is InChI=1S/C24H27Cl2N3O2/c1-5-21(22-27-20-10-8-7-9-18(20)24(31)28(22)6-2)29(14-15(3)4)23(30)17-12-11-16(25)13-19(17)26/h7-13,15,21H,5-6,14H2,1-4H3. The van der Waals surface area contributed by atoms with Crippen LogP contribution in [0.1, 0.15) is 56.3 Å². The molecule has 1 atom stereocenters. The van der Waals surface area contributed by atoms with Crippen LogP contribution in [0.2, 0.25) is 10.0 Å². The summed E-state index contributed by atoms with van der Waals surface area (Å²) in [4.78, 5) is 33.4. The Bertz CT molecular complexity index is 1160. The molecule has 1 amide bonds. The van der Waals surface area contributed by atoms with Crippen molar-refractivity contribution >= 4 is 40.0 Å². The molecule has 1 heterocycles. The number of hydrogen-bond acceptors (Lipinski definition) is 3. The van der Waals surface area contributed by atoms with E-state index in [0.29, 0.717) is 51.8 Å². The zero-order valence-corrected chi connectivity index (χ0v) is 19.7. The van der Waals surface area contributed by atoms with E-state index >= 15 is 0 Å². The summed E-state index contributed by atoms with van der Waals surface area (Å²) >= 11 is 12.4. The number of amides is 1. The summed E-state index contributed by atoms with van der Waals surface area (Å²) in [5.41, 5.74) is 0.923. The van der Waals surface area contributed by atoms with Gasteiger partial charge in [0.1, 0.15) is 5.82 Å². The van der Waals surface area contributed by atoms with Gasteiger partial charge in [0.15, 0.2) is 0 Å². The number of carbonyl (C=O) groups excluding carboxylic acids is 1. The number of para-hydroxylation sites is 1. The molecule has 2 aromatic carbocycles. The molecule has 0 spiro atoms. The second-order valence-electron chi connectivity index (χ2n) is 7.94. The second kappa shape index (κ2) is 9.84. The summed E-state index contributed by atoms with van der Waals surface area (Å²) in [6.07, 6.45) is 0.606. The number of aromatic nitrogens is 2. The third-order valence-corrected chi connectivity index (χ3v) is 5.80. The average molecular weight is 460 g/mol. The molecular weight excluding hydrogens is 433 g/mol. The first kappa shape index (κ1) is 23.3. The van der Waals surface area contributed by atoms with Crippen LogP contribution in [0.15, 0.2) is 47.3 Å². The number of rotatable bonds is 7. The minimum atomic E-state index is -0.376. The number of hydrogen-bond donors (Lipinski definition) is 0. The molecule has 31 heavy (non-hydrogen) atoms. The predicted octanol–water partition coefficient (Wildman–Crippen LogP) is 5.97. The normalized spacial score (nSPS) is 12.4. The lowest BCUT2D eigenvalue weighted by Crippen LogP contribution is -2.40. The molecule has 0 fully saturated rings. The van der Waals surface area contributed by atoms with Gasteiger partial charge in [0.25, 0.3) is 11.5 Å². The molecule has 5 nitrogen and oxygen atoms in total. The Labute approximate surface area is 192 Å². The number of halogens is 2. The maximum atomic E-state index is 13.6. The van der Waals surface area contributed by atoms with Gasteiger partial charge in [0.2, 0.25) is 0 Å². The number of carbonyl (C=O) groups is 1. The van der Waals surface area contributed by atoms with Gasteiger partial charge in [-0.1, -0.05) is 56.1 Å². The van der Waals surface area contributed by atoms with Crippen LogP contribution in [0.4, 0.5) is 0 Å². The van der Waals surface area contributed by atoms with Crippen LogP contribution in [0.5, 0.6) is 0 Å². The zero-order valence-electron chi connectivity index (χ0n) is 18.2. The highest BCUT2D eigenvalue weighted by Gasteiger charge is 2.30. The monoisotopic (exact) mass is 459 g/mol. The third kappa shape index (κ3) is 4.78. The van der Waals surface area contributed by atoms with E-state index in [9.17, 15) is 9.59 Å². The first-order chi connectivity index (χ1) is 14.8. The van der Waals surface area contributed by atoms with Crippen molar-refractivity contribution in [2.24, 2.45) is 5.92 Å². The van der Waals surface area contributed by atoms with Crippen molar-refractivity contribution in [2.75, 3.05) is 6.54 Å². The minimum Gasteiger partial charge on any atom is -0.328 e. The molecule has 0 aliphatic carbocycles. The van der Waals surface area contributed by atoms with Gasteiger partial charge in [-0.05, 0) is 49.6 Å². The fourth-order valence-corrected chi connectivity index (χ4v) is 4.34. The van der Waals surface area contributed by atoms with Crippen molar-refractivity contribution in [1.29, 1.82) is 0 Å². The van der Waals surface area contributed by atoms with Crippen LogP contribution in [-0.2, 0) is 6.54 Å². The van der Waals surface area contributed by atoms with Gasteiger partial charge in [0, 0.05) is 18.1 Å². The first-order valence-corrected chi connectivity index (χ1v) is 11.3. The van der Waals surface area contributed by atoms with Crippen LogP contribution in [0.3, 0.4) is 0 Å². The first-order valence-electron chi connectivity index (χ1n) is 10.5. The largest absolute Gasteiger partial charge is 0.328 e. The molecule has 3 aromatic rings. The van der Waals surface area contributed by atoms with E-state index in [1.165, 1.54) is 0 Å². The van der Waals surface area contributed by atoms with Gasteiger partial charge in [-0.15, -0.1) is 0 Å². The second-order valence-corrected chi connectivity index (χ2v) is 8.78. The molecule has 3 rings (SSSR count). The number of nitrogens with zero attached hydrogens (tertiary/aromatic N) is 3. The summed E-state index contributed by atoms with van der Waals surface area (Å²) in [5, 5.41) is 1.35. The Morgan fingerprint density at radius 1 is 1.13 bits per heavy atom. The topological polar surface area (TPSA) is 55.2 Å². The lowest BCUT2D eigenvalue weighted by molar-refractivity contribution is 0.0629. The number of benzene rings is 2. The molecule has 0 radical (unpaired) electrons. The van der Waals surface area contributed by atoms with Crippen molar-refractivity contribution < 1.29 is 4.79 Å². The smallest absolute Gasteiger partial charge is 0.261 e. The predicted molar refractivity (Wildman–Crippen MR) is 127 cm³/mol. The van der Waals surface area contributed by atoms with E-state index in [1.807, 2.05) is 32.0 Å². The highest BCUT2D eigenvalue weighted by Crippen LogP contribution is 2.29.